The first-order valence-electron chi connectivity index (χ1n) is 6.82. The summed E-state index contributed by atoms with van der Waals surface area (Å²) in [6.45, 7) is 5.52. The smallest absolute Gasteiger partial charge is 0.326 e. The fourth-order valence-electron chi connectivity index (χ4n) is 2.59. The number of anilines is 1. The Kier molecular flexibility index (Phi) is 3.97. The zero-order valence-electron chi connectivity index (χ0n) is 12.0. The van der Waals surface area contributed by atoms with E-state index in [2.05, 4.69) is 5.32 Å². The third-order valence-corrected chi connectivity index (χ3v) is 3.64. The van der Waals surface area contributed by atoms with Crippen LogP contribution in [0.4, 0.5) is 10.5 Å². The lowest BCUT2D eigenvalue weighted by molar-refractivity contribution is -0.140. The molecule has 1 aromatic carbocycles. The van der Waals surface area contributed by atoms with Crippen LogP contribution in [-0.4, -0.2) is 29.2 Å². The van der Waals surface area contributed by atoms with Crippen LogP contribution in [-0.2, 0) is 11.2 Å². The van der Waals surface area contributed by atoms with Gasteiger partial charge in [-0.2, -0.15) is 0 Å². The molecule has 0 saturated heterocycles. The highest BCUT2D eigenvalue weighted by Gasteiger charge is 2.33. The quantitative estimate of drug-likeness (QED) is 0.889. The van der Waals surface area contributed by atoms with E-state index in [-0.39, 0.29) is 18.0 Å². The number of carbonyl (C=O) groups is 2. The van der Waals surface area contributed by atoms with Crippen molar-refractivity contribution in [2.45, 2.75) is 39.3 Å². The van der Waals surface area contributed by atoms with Crippen LogP contribution in [0.15, 0.2) is 24.3 Å². The molecule has 0 aromatic heterocycles. The molecular weight excluding hydrogens is 256 g/mol. The maximum atomic E-state index is 12.4. The van der Waals surface area contributed by atoms with E-state index in [1.165, 1.54) is 0 Å². The lowest BCUT2D eigenvalue weighted by Crippen LogP contribution is -2.51. The van der Waals surface area contributed by atoms with E-state index in [9.17, 15) is 9.59 Å². The number of nitrogens with zero attached hydrogens (tertiary/aromatic N) is 1. The summed E-state index contributed by atoms with van der Waals surface area (Å²) in [6.07, 6.45) is 0.795. The number of carboxylic acid groups (broad SMARTS) is 1. The number of para-hydroxylation sites is 1. The number of benzene rings is 1. The van der Waals surface area contributed by atoms with Gasteiger partial charge < -0.3 is 10.4 Å². The van der Waals surface area contributed by atoms with Gasteiger partial charge in [0, 0.05) is 11.7 Å². The van der Waals surface area contributed by atoms with Crippen LogP contribution in [0, 0.1) is 5.92 Å². The van der Waals surface area contributed by atoms with Gasteiger partial charge in [0.25, 0.3) is 0 Å². The topological polar surface area (TPSA) is 69.6 Å². The molecule has 0 radical (unpaired) electrons. The third-order valence-electron chi connectivity index (χ3n) is 3.64. The van der Waals surface area contributed by atoms with Crippen molar-refractivity contribution in [2.24, 2.45) is 5.92 Å². The summed E-state index contributed by atoms with van der Waals surface area (Å²) < 4.78 is 0. The summed E-state index contributed by atoms with van der Waals surface area (Å²) >= 11 is 0. The van der Waals surface area contributed by atoms with Gasteiger partial charge in [-0.1, -0.05) is 32.0 Å². The fourth-order valence-corrected chi connectivity index (χ4v) is 2.59. The molecule has 20 heavy (non-hydrogen) atoms. The van der Waals surface area contributed by atoms with E-state index in [1.54, 1.807) is 18.7 Å². The van der Waals surface area contributed by atoms with E-state index in [0.29, 0.717) is 0 Å². The van der Waals surface area contributed by atoms with E-state index >= 15 is 0 Å². The average Bonchev–Trinajstić information content (AvgIpc) is 2.70. The van der Waals surface area contributed by atoms with Crippen molar-refractivity contribution in [3.05, 3.63) is 29.8 Å². The standard InChI is InChI=1S/C15H20N2O3/c1-9(2)13(14(18)19)16-15(20)17-10(3)8-11-6-4-5-7-12(11)17/h4-7,9-10,13H,8H2,1-3H3,(H,16,20)(H,18,19)/t10?,13-/m0/s1. The molecule has 0 spiro atoms. The number of fused-ring (bicyclic) bond motifs is 1. The largest absolute Gasteiger partial charge is 0.480 e. The van der Waals surface area contributed by atoms with Gasteiger partial charge >= 0.3 is 12.0 Å². The van der Waals surface area contributed by atoms with Crippen LogP contribution >= 0.6 is 0 Å². The van der Waals surface area contributed by atoms with Crippen LogP contribution in [0.2, 0.25) is 0 Å². The second-order valence-corrected chi connectivity index (χ2v) is 5.56. The van der Waals surface area contributed by atoms with Crippen LogP contribution < -0.4 is 10.2 Å². The van der Waals surface area contributed by atoms with Gasteiger partial charge in [-0.15, -0.1) is 0 Å². The van der Waals surface area contributed by atoms with Crippen molar-refractivity contribution in [3.63, 3.8) is 0 Å². The molecule has 1 aliphatic heterocycles. The molecule has 2 amide bonds. The molecule has 108 valence electrons. The molecule has 0 fully saturated rings. The lowest BCUT2D eigenvalue weighted by atomic mass is 10.1. The first-order valence-corrected chi connectivity index (χ1v) is 6.82. The predicted octanol–water partition coefficient (Wildman–Crippen LogP) is 2.26. The summed E-state index contributed by atoms with van der Waals surface area (Å²) in [5.74, 6) is -1.17. The van der Waals surface area contributed by atoms with Gasteiger partial charge in [0.1, 0.15) is 6.04 Å². The molecule has 2 atom stereocenters. The van der Waals surface area contributed by atoms with Crippen LogP contribution in [0.25, 0.3) is 0 Å². The number of urea groups is 1. The molecule has 0 aliphatic carbocycles. The Morgan fingerprint density at radius 3 is 2.60 bits per heavy atom. The van der Waals surface area contributed by atoms with Crippen molar-refractivity contribution in [1.29, 1.82) is 0 Å². The number of carboxylic acids is 1. The molecule has 0 saturated carbocycles. The minimum Gasteiger partial charge on any atom is -0.480 e. The zero-order chi connectivity index (χ0) is 14.9. The predicted molar refractivity (Wildman–Crippen MR) is 76.9 cm³/mol. The van der Waals surface area contributed by atoms with E-state index in [1.807, 2.05) is 31.2 Å². The van der Waals surface area contributed by atoms with Gasteiger partial charge in [-0.3, -0.25) is 4.90 Å². The maximum absolute atomic E-state index is 12.4. The zero-order valence-corrected chi connectivity index (χ0v) is 12.0. The second-order valence-electron chi connectivity index (χ2n) is 5.56. The lowest BCUT2D eigenvalue weighted by Gasteiger charge is -2.26. The number of rotatable bonds is 3. The van der Waals surface area contributed by atoms with Gasteiger partial charge in [0.15, 0.2) is 0 Å². The van der Waals surface area contributed by atoms with Crippen LogP contribution in [0.5, 0.6) is 0 Å². The normalized spacial score (nSPS) is 18.8. The fraction of sp³-hybridized carbons (Fsp3) is 0.467. The second kappa shape index (κ2) is 5.53. The third kappa shape index (κ3) is 2.61. The molecule has 1 aliphatic rings. The van der Waals surface area contributed by atoms with Gasteiger partial charge in [0.05, 0.1) is 0 Å². The van der Waals surface area contributed by atoms with Crippen molar-refractivity contribution in [2.75, 3.05) is 4.90 Å². The Bertz CT molecular complexity index is 528. The molecule has 2 rings (SSSR count). The van der Waals surface area contributed by atoms with Gasteiger partial charge in [-0.25, -0.2) is 9.59 Å². The Balaban J connectivity index is 2.19. The Labute approximate surface area is 118 Å². The van der Waals surface area contributed by atoms with Crippen LogP contribution in [0.3, 0.4) is 0 Å². The average molecular weight is 276 g/mol. The molecule has 5 nitrogen and oxygen atoms in total. The summed E-state index contributed by atoms with van der Waals surface area (Å²) in [6, 6.07) is 6.54. The van der Waals surface area contributed by atoms with Crippen molar-refractivity contribution in [3.8, 4) is 0 Å². The summed E-state index contributed by atoms with van der Waals surface area (Å²) in [5.41, 5.74) is 1.98. The van der Waals surface area contributed by atoms with E-state index in [0.717, 1.165) is 17.7 Å². The number of hydrogen-bond acceptors (Lipinski definition) is 2. The van der Waals surface area contributed by atoms with E-state index < -0.39 is 12.0 Å². The number of nitrogens with one attached hydrogen (secondary N) is 1. The summed E-state index contributed by atoms with van der Waals surface area (Å²) in [4.78, 5) is 25.2. The molecule has 2 N–H and O–H groups in total. The first-order chi connectivity index (χ1) is 9.41. The van der Waals surface area contributed by atoms with Crippen LogP contribution in [0.1, 0.15) is 26.3 Å². The highest BCUT2D eigenvalue weighted by atomic mass is 16.4. The molecule has 1 aromatic rings. The molecule has 1 unspecified atom stereocenters. The monoisotopic (exact) mass is 276 g/mol. The minimum atomic E-state index is -1.01. The highest BCUT2D eigenvalue weighted by molar-refractivity contribution is 5.97. The Morgan fingerprint density at radius 1 is 1.35 bits per heavy atom. The minimum absolute atomic E-state index is 0.0361. The molecule has 1 heterocycles. The maximum Gasteiger partial charge on any atom is 0.326 e. The summed E-state index contributed by atoms with van der Waals surface area (Å²) in [7, 11) is 0. The van der Waals surface area contributed by atoms with Crippen molar-refractivity contribution < 1.29 is 14.7 Å². The number of amides is 2. The summed E-state index contributed by atoms with van der Waals surface area (Å²) in [5, 5.41) is 11.8. The SMILES string of the molecule is CC(C)[C@H](NC(=O)N1c2ccccc2CC1C)C(=O)O. The first kappa shape index (κ1) is 14.4. The number of carbonyl (C=O) groups excluding carboxylic acids is 1. The number of aliphatic carboxylic acids is 1. The highest BCUT2D eigenvalue weighted by Crippen LogP contribution is 2.31. The Hall–Kier alpha value is -2.04. The molecular formula is C15H20N2O3. The molecule has 5 heteroatoms. The Morgan fingerprint density at radius 2 is 2.00 bits per heavy atom. The molecule has 0 bridgehead atoms. The van der Waals surface area contributed by atoms with Gasteiger partial charge in [0.2, 0.25) is 0 Å². The van der Waals surface area contributed by atoms with Crippen molar-refractivity contribution in [1.82, 2.24) is 5.32 Å². The van der Waals surface area contributed by atoms with Gasteiger partial charge in [-0.05, 0) is 30.9 Å². The number of hydrogen-bond donors (Lipinski definition) is 2. The van der Waals surface area contributed by atoms with Crippen molar-refractivity contribution >= 4 is 17.7 Å². The van der Waals surface area contributed by atoms with E-state index in [4.69, 9.17) is 5.11 Å².